The van der Waals surface area contributed by atoms with Crippen molar-refractivity contribution in [3.63, 3.8) is 0 Å². The van der Waals surface area contributed by atoms with Crippen molar-refractivity contribution < 1.29 is 19.6 Å². The van der Waals surface area contributed by atoms with Gasteiger partial charge in [0.25, 0.3) is 5.69 Å². The first-order valence-corrected chi connectivity index (χ1v) is 9.21. The van der Waals surface area contributed by atoms with Crippen molar-refractivity contribution in [3.05, 3.63) is 58.5 Å². The topological polar surface area (TPSA) is 124 Å². The molecular weight excluding hydrogens is 378 g/mol. The molecule has 0 bridgehead atoms. The lowest BCUT2D eigenvalue weighted by Gasteiger charge is -2.32. The Morgan fingerprint density at radius 3 is 2.66 bits per heavy atom. The number of aromatic carboxylic acids is 1. The van der Waals surface area contributed by atoms with Crippen molar-refractivity contribution in [2.75, 3.05) is 13.1 Å². The van der Waals surface area contributed by atoms with Crippen LogP contribution in [0.4, 0.5) is 5.69 Å². The number of rotatable bonds is 5. The summed E-state index contributed by atoms with van der Waals surface area (Å²) in [5, 5.41) is 24.8. The number of hydrogen-bond acceptors (Lipinski definition) is 5. The molecule has 1 amide bonds. The van der Waals surface area contributed by atoms with E-state index < -0.39 is 10.9 Å². The van der Waals surface area contributed by atoms with Gasteiger partial charge in [0.05, 0.1) is 22.7 Å². The lowest BCUT2D eigenvalue weighted by Crippen LogP contribution is -2.40. The first-order chi connectivity index (χ1) is 13.9. The maximum Gasteiger partial charge on any atom is 0.338 e. The molecule has 2 aromatic heterocycles. The van der Waals surface area contributed by atoms with Crippen LogP contribution < -0.4 is 0 Å². The Morgan fingerprint density at radius 1 is 1.24 bits per heavy atom. The van der Waals surface area contributed by atoms with Crippen LogP contribution in [0, 0.1) is 10.1 Å². The van der Waals surface area contributed by atoms with Crippen LogP contribution in [0.3, 0.4) is 0 Å². The molecule has 1 saturated heterocycles. The molecule has 0 unspecified atom stereocenters. The molecule has 0 saturated carbocycles. The number of benzene rings is 1. The predicted octanol–water partition coefficient (Wildman–Crippen LogP) is 2.31. The molecule has 3 aromatic rings. The number of piperidine rings is 1. The van der Waals surface area contributed by atoms with E-state index in [4.69, 9.17) is 5.11 Å². The Hall–Kier alpha value is -3.69. The molecule has 10 heteroatoms. The first-order valence-electron chi connectivity index (χ1n) is 9.21. The highest BCUT2D eigenvalue weighted by Crippen LogP contribution is 2.24. The fourth-order valence-corrected chi connectivity index (χ4v) is 3.71. The van der Waals surface area contributed by atoms with E-state index in [2.05, 4.69) is 5.10 Å². The van der Waals surface area contributed by atoms with Crippen LogP contribution in [-0.2, 0) is 11.3 Å². The average molecular weight is 397 g/mol. The lowest BCUT2D eigenvalue weighted by atomic mass is 10.1. The Morgan fingerprint density at radius 2 is 2.00 bits per heavy atom. The van der Waals surface area contributed by atoms with Crippen LogP contribution in [0.1, 0.15) is 29.2 Å². The third-order valence-electron chi connectivity index (χ3n) is 5.31. The second-order valence-corrected chi connectivity index (χ2v) is 7.07. The van der Waals surface area contributed by atoms with Crippen molar-refractivity contribution >= 4 is 28.5 Å². The molecule has 1 aromatic carbocycles. The monoisotopic (exact) mass is 397 g/mol. The number of nitro groups is 1. The molecule has 29 heavy (non-hydrogen) atoms. The Labute approximate surface area is 165 Å². The summed E-state index contributed by atoms with van der Waals surface area (Å²) in [4.78, 5) is 36.0. The molecule has 0 aliphatic carbocycles. The molecule has 1 N–H and O–H groups in total. The van der Waals surface area contributed by atoms with Crippen LogP contribution >= 0.6 is 0 Å². The molecule has 1 fully saturated rings. The van der Waals surface area contributed by atoms with Crippen LogP contribution in [-0.4, -0.2) is 54.2 Å². The van der Waals surface area contributed by atoms with Crippen LogP contribution in [0.25, 0.3) is 10.9 Å². The van der Waals surface area contributed by atoms with Gasteiger partial charge in [0.15, 0.2) is 0 Å². The van der Waals surface area contributed by atoms with Gasteiger partial charge in [-0.25, -0.2) is 4.79 Å². The maximum absolute atomic E-state index is 12.7. The van der Waals surface area contributed by atoms with Crippen molar-refractivity contribution in [3.8, 4) is 0 Å². The number of nitrogens with zero attached hydrogens (tertiary/aromatic N) is 5. The van der Waals surface area contributed by atoms with Gasteiger partial charge in [-0.05, 0) is 25.0 Å². The molecule has 0 spiro atoms. The summed E-state index contributed by atoms with van der Waals surface area (Å²) >= 11 is 0. The fourth-order valence-electron chi connectivity index (χ4n) is 3.71. The highest BCUT2D eigenvalue weighted by atomic mass is 16.6. The number of likely N-dealkylation sites (tertiary alicyclic amines) is 1. The molecular formula is C19H19N5O5. The highest BCUT2D eigenvalue weighted by Gasteiger charge is 2.25. The number of nitro benzene ring substituents is 1. The van der Waals surface area contributed by atoms with Crippen LogP contribution in [0.15, 0.2) is 42.9 Å². The summed E-state index contributed by atoms with van der Waals surface area (Å²) in [6, 6.07) is 6.42. The summed E-state index contributed by atoms with van der Waals surface area (Å²) in [6.07, 6.45) is 6.02. The number of carbonyl (C=O) groups excluding carboxylic acids is 1. The first kappa shape index (κ1) is 18.7. The SMILES string of the molecule is O=C(O)c1cnn(C2CCN(C(=O)Cn3ccc4cc([N+](=O)[O-])ccc43)CC2)c1. The summed E-state index contributed by atoms with van der Waals surface area (Å²) < 4.78 is 3.46. The number of non-ortho nitro benzene ring substituents is 1. The normalized spacial score (nSPS) is 15.0. The third-order valence-corrected chi connectivity index (χ3v) is 5.31. The smallest absolute Gasteiger partial charge is 0.338 e. The lowest BCUT2D eigenvalue weighted by molar-refractivity contribution is -0.384. The van der Waals surface area contributed by atoms with E-state index in [0.717, 1.165) is 10.9 Å². The molecule has 10 nitrogen and oxygen atoms in total. The zero-order chi connectivity index (χ0) is 20.5. The second-order valence-electron chi connectivity index (χ2n) is 7.07. The van der Waals surface area contributed by atoms with Gasteiger partial charge in [-0.15, -0.1) is 0 Å². The van der Waals surface area contributed by atoms with E-state index in [1.807, 2.05) is 0 Å². The van der Waals surface area contributed by atoms with Crippen molar-refractivity contribution in [2.24, 2.45) is 0 Å². The van der Waals surface area contributed by atoms with Gasteiger partial charge < -0.3 is 14.6 Å². The number of fused-ring (bicyclic) bond motifs is 1. The standard InChI is InChI=1S/C19H19N5O5/c25-18(12-22-6-3-13-9-16(24(28)29)1-2-17(13)22)21-7-4-15(5-8-21)23-11-14(10-20-23)19(26)27/h1-3,6,9-11,15H,4-5,7-8,12H2,(H,26,27). The Balaban J connectivity index is 1.39. The number of carboxylic acid groups (broad SMARTS) is 1. The molecule has 0 atom stereocenters. The van der Waals surface area contributed by atoms with Crippen molar-refractivity contribution in [2.45, 2.75) is 25.4 Å². The third kappa shape index (κ3) is 3.68. The minimum atomic E-state index is -1.01. The minimum Gasteiger partial charge on any atom is -0.478 e. The number of aromatic nitrogens is 3. The predicted molar refractivity (Wildman–Crippen MR) is 103 cm³/mol. The van der Waals surface area contributed by atoms with E-state index in [1.165, 1.54) is 24.5 Å². The Kier molecular flexibility index (Phi) is 4.75. The van der Waals surface area contributed by atoms with Crippen molar-refractivity contribution in [1.82, 2.24) is 19.2 Å². The van der Waals surface area contributed by atoms with Gasteiger partial charge in [-0.3, -0.25) is 19.6 Å². The largest absolute Gasteiger partial charge is 0.478 e. The van der Waals surface area contributed by atoms with E-state index in [0.29, 0.717) is 25.9 Å². The Bertz CT molecular complexity index is 1090. The zero-order valence-corrected chi connectivity index (χ0v) is 15.5. The quantitative estimate of drug-likeness (QED) is 0.520. The molecule has 150 valence electrons. The van der Waals surface area contributed by atoms with E-state index in [1.54, 1.807) is 32.5 Å². The van der Waals surface area contributed by atoms with Gasteiger partial charge in [-0.1, -0.05) is 0 Å². The maximum atomic E-state index is 12.7. The number of carbonyl (C=O) groups is 2. The van der Waals surface area contributed by atoms with Gasteiger partial charge >= 0.3 is 5.97 Å². The highest BCUT2D eigenvalue weighted by molar-refractivity contribution is 5.87. The van der Waals surface area contributed by atoms with Gasteiger partial charge in [0, 0.05) is 48.5 Å². The zero-order valence-electron chi connectivity index (χ0n) is 15.5. The summed E-state index contributed by atoms with van der Waals surface area (Å²) in [7, 11) is 0. The van der Waals surface area contributed by atoms with Crippen LogP contribution in [0.2, 0.25) is 0 Å². The number of amides is 1. The summed E-state index contributed by atoms with van der Waals surface area (Å²) in [6.45, 7) is 1.30. The molecule has 1 aliphatic rings. The van der Waals surface area contributed by atoms with Gasteiger partial charge in [0.2, 0.25) is 5.91 Å². The molecule has 3 heterocycles. The van der Waals surface area contributed by atoms with E-state index in [9.17, 15) is 19.7 Å². The number of carboxylic acids is 1. The molecule has 0 radical (unpaired) electrons. The van der Waals surface area contributed by atoms with Gasteiger partial charge in [0.1, 0.15) is 6.54 Å². The van der Waals surface area contributed by atoms with Gasteiger partial charge in [-0.2, -0.15) is 5.10 Å². The van der Waals surface area contributed by atoms with E-state index >= 15 is 0 Å². The molecule has 4 rings (SSSR count). The second kappa shape index (κ2) is 7.38. The van der Waals surface area contributed by atoms with Crippen LogP contribution in [0.5, 0.6) is 0 Å². The fraction of sp³-hybridized carbons (Fsp3) is 0.316. The summed E-state index contributed by atoms with van der Waals surface area (Å²) in [5.41, 5.74) is 0.952. The minimum absolute atomic E-state index is 0.0216. The number of hydrogen-bond donors (Lipinski definition) is 1. The molecule has 1 aliphatic heterocycles. The summed E-state index contributed by atoms with van der Waals surface area (Å²) in [5.74, 6) is -1.03. The van der Waals surface area contributed by atoms with Crippen molar-refractivity contribution in [1.29, 1.82) is 0 Å². The average Bonchev–Trinajstić information content (AvgIpc) is 3.35. The van der Waals surface area contributed by atoms with E-state index in [-0.39, 0.29) is 29.7 Å².